The molecule has 15 heavy (non-hydrogen) atoms. The van der Waals surface area contributed by atoms with E-state index < -0.39 is 0 Å². The topological polar surface area (TPSA) is 55.0 Å². The van der Waals surface area contributed by atoms with E-state index in [0.29, 0.717) is 0 Å². The fraction of sp³-hybridized carbons (Fsp3) is 0.636. The Kier molecular flexibility index (Phi) is 2.61. The van der Waals surface area contributed by atoms with Crippen molar-refractivity contribution in [3.05, 3.63) is 17.8 Å². The maximum atomic E-state index is 5.77. The summed E-state index contributed by atoms with van der Waals surface area (Å²) in [7, 11) is 0. The lowest BCUT2D eigenvalue weighted by Crippen LogP contribution is -2.31. The Labute approximate surface area is 90.5 Å². The third-order valence-corrected chi connectivity index (χ3v) is 3.16. The standard InChI is InChI=1S/C11H18N4/c1-9-3-4-10(14-13-9)15-6-5-11(2,7-12)8-15/h3-4H,5-8,12H2,1-2H3. The van der Waals surface area contributed by atoms with E-state index in [1.807, 2.05) is 19.1 Å². The minimum atomic E-state index is 0.243. The molecule has 1 aliphatic rings. The van der Waals surface area contributed by atoms with E-state index in [9.17, 15) is 0 Å². The molecule has 1 saturated heterocycles. The molecule has 82 valence electrons. The molecule has 0 aliphatic carbocycles. The molecule has 0 spiro atoms. The second-order valence-corrected chi connectivity index (χ2v) is 4.72. The van der Waals surface area contributed by atoms with Crippen LogP contribution in [0.15, 0.2) is 12.1 Å². The van der Waals surface area contributed by atoms with Crippen molar-refractivity contribution in [1.29, 1.82) is 0 Å². The van der Waals surface area contributed by atoms with Crippen LogP contribution in [-0.4, -0.2) is 29.8 Å². The number of aromatic nitrogens is 2. The molecule has 2 rings (SSSR count). The van der Waals surface area contributed by atoms with Gasteiger partial charge in [-0.25, -0.2) is 0 Å². The van der Waals surface area contributed by atoms with Crippen molar-refractivity contribution >= 4 is 5.82 Å². The highest BCUT2D eigenvalue weighted by molar-refractivity contribution is 5.39. The summed E-state index contributed by atoms with van der Waals surface area (Å²) in [5.41, 5.74) is 6.97. The molecule has 1 aromatic rings. The number of rotatable bonds is 2. The molecule has 1 aliphatic heterocycles. The zero-order chi connectivity index (χ0) is 10.9. The number of hydrogen-bond acceptors (Lipinski definition) is 4. The summed E-state index contributed by atoms with van der Waals surface area (Å²) in [5, 5.41) is 8.27. The molecule has 0 amide bonds. The molecule has 0 radical (unpaired) electrons. The normalized spacial score (nSPS) is 25.9. The van der Waals surface area contributed by atoms with Crippen LogP contribution in [0.4, 0.5) is 5.82 Å². The van der Waals surface area contributed by atoms with Crippen molar-refractivity contribution in [2.75, 3.05) is 24.5 Å². The Balaban J connectivity index is 2.11. The maximum absolute atomic E-state index is 5.77. The maximum Gasteiger partial charge on any atom is 0.151 e. The van der Waals surface area contributed by atoms with Crippen molar-refractivity contribution in [2.45, 2.75) is 20.3 Å². The number of nitrogens with two attached hydrogens (primary N) is 1. The van der Waals surface area contributed by atoms with Crippen LogP contribution in [-0.2, 0) is 0 Å². The van der Waals surface area contributed by atoms with Crippen LogP contribution in [0, 0.1) is 12.3 Å². The fourth-order valence-electron chi connectivity index (χ4n) is 1.95. The highest BCUT2D eigenvalue weighted by Crippen LogP contribution is 2.30. The van der Waals surface area contributed by atoms with Gasteiger partial charge in [0.25, 0.3) is 0 Å². The molecule has 1 fully saturated rings. The van der Waals surface area contributed by atoms with Gasteiger partial charge in [-0.1, -0.05) is 6.92 Å². The van der Waals surface area contributed by atoms with Gasteiger partial charge in [-0.15, -0.1) is 5.10 Å². The Bertz CT molecular complexity index is 335. The van der Waals surface area contributed by atoms with E-state index in [1.165, 1.54) is 0 Å². The first-order chi connectivity index (χ1) is 7.13. The van der Waals surface area contributed by atoms with Gasteiger partial charge in [0.15, 0.2) is 5.82 Å². The number of anilines is 1. The first-order valence-electron chi connectivity index (χ1n) is 5.38. The van der Waals surface area contributed by atoms with Gasteiger partial charge in [-0.2, -0.15) is 5.10 Å². The summed E-state index contributed by atoms with van der Waals surface area (Å²) >= 11 is 0. The summed E-state index contributed by atoms with van der Waals surface area (Å²) in [6.07, 6.45) is 1.14. The average Bonchev–Trinajstić information content (AvgIpc) is 2.63. The molecule has 0 bridgehead atoms. The minimum Gasteiger partial charge on any atom is -0.355 e. The van der Waals surface area contributed by atoms with Crippen LogP contribution >= 0.6 is 0 Å². The molecule has 1 unspecified atom stereocenters. The van der Waals surface area contributed by atoms with Crippen LogP contribution in [0.25, 0.3) is 0 Å². The predicted octanol–water partition coefficient (Wildman–Crippen LogP) is 0.960. The minimum absolute atomic E-state index is 0.243. The molecule has 0 saturated carbocycles. The second kappa shape index (κ2) is 3.77. The van der Waals surface area contributed by atoms with E-state index in [1.54, 1.807) is 0 Å². The summed E-state index contributed by atoms with van der Waals surface area (Å²) in [6.45, 7) is 6.94. The van der Waals surface area contributed by atoms with Crippen LogP contribution in [0.2, 0.25) is 0 Å². The van der Waals surface area contributed by atoms with Crippen LogP contribution in [0.1, 0.15) is 19.0 Å². The van der Waals surface area contributed by atoms with Gasteiger partial charge in [0, 0.05) is 13.1 Å². The smallest absolute Gasteiger partial charge is 0.151 e. The summed E-state index contributed by atoms with van der Waals surface area (Å²) < 4.78 is 0. The highest BCUT2D eigenvalue weighted by atomic mass is 15.3. The van der Waals surface area contributed by atoms with Gasteiger partial charge in [-0.05, 0) is 37.4 Å². The Morgan fingerprint density at radius 1 is 1.47 bits per heavy atom. The van der Waals surface area contributed by atoms with Gasteiger partial charge in [0.2, 0.25) is 0 Å². The monoisotopic (exact) mass is 206 g/mol. The van der Waals surface area contributed by atoms with Crippen LogP contribution in [0.5, 0.6) is 0 Å². The lowest BCUT2D eigenvalue weighted by atomic mass is 9.90. The Morgan fingerprint density at radius 2 is 2.27 bits per heavy atom. The van der Waals surface area contributed by atoms with Crippen molar-refractivity contribution in [1.82, 2.24) is 10.2 Å². The van der Waals surface area contributed by atoms with E-state index in [-0.39, 0.29) is 5.41 Å². The van der Waals surface area contributed by atoms with Crippen molar-refractivity contribution in [2.24, 2.45) is 11.1 Å². The first-order valence-corrected chi connectivity index (χ1v) is 5.38. The SMILES string of the molecule is Cc1ccc(N2CCC(C)(CN)C2)nn1. The molecule has 1 atom stereocenters. The van der Waals surface area contributed by atoms with E-state index in [2.05, 4.69) is 22.0 Å². The number of nitrogens with zero attached hydrogens (tertiary/aromatic N) is 3. The average molecular weight is 206 g/mol. The van der Waals surface area contributed by atoms with Crippen molar-refractivity contribution < 1.29 is 0 Å². The van der Waals surface area contributed by atoms with Gasteiger partial charge in [-0.3, -0.25) is 0 Å². The highest BCUT2D eigenvalue weighted by Gasteiger charge is 2.33. The molecular formula is C11H18N4. The van der Waals surface area contributed by atoms with Crippen LogP contribution < -0.4 is 10.6 Å². The van der Waals surface area contributed by atoms with Crippen LogP contribution in [0.3, 0.4) is 0 Å². The largest absolute Gasteiger partial charge is 0.355 e. The van der Waals surface area contributed by atoms with E-state index in [0.717, 1.165) is 37.6 Å². The summed E-state index contributed by atoms with van der Waals surface area (Å²) in [5.74, 6) is 0.970. The lowest BCUT2D eigenvalue weighted by Gasteiger charge is -2.22. The third-order valence-electron chi connectivity index (χ3n) is 3.16. The summed E-state index contributed by atoms with van der Waals surface area (Å²) in [6, 6.07) is 4.03. The first kappa shape index (κ1) is 10.4. The van der Waals surface area contributed by atoms with E-state index >= 15 is 0 Å². The second-order valence-electron chi connectivity index (χ2n) is 4.72. The zero-order valence-electron chi connectivity index (χ0n) is 9.40. The molecule has 2 heterocycles. The summed E-state index contributed by atoms with van der Waals surface area (Å²) in [4.78, 5) is 2.26. The molecule has 2 N–H and O–H groups in total. The fourth-order valence-corrected chi connectivity index (χ4v) is 1.95. The van der Waals surface area contributed by atoms with Crippen molar-refractivity contribution in [3.8, 4) is 0 Å². The lowest BCUT2D eigenvalue weighted by molar-refractivity contribution is 0.383. The zero-order valence-corrected chi connectivity index (χ0v) is 9.40. The molecule has 4 heteroatoms. The number of aryl methyl sites for hydroxylation is 1. The third kappa shape index (κ3) is 2.09. The Hall–Kier alpha value is -1.16. The van der Waals surface area contributed by atoms with Crippen molar-refractivity contribution in [3.63, 3.8) is 0 Å². The molecular weight excluding hydrogens is 188 g/mol. The molecule has 0 aromatic carbocycles. The molecule has 1 aromatic heterocycles. The predicted molar refractivity (Wildman–Crippen MR) is 60.8 cm³/mol. The Morgan fingerprint density at radius 3 is 2.80 bits per heavy atom. The van der Waals surface area contributed by atoms with E-state index in [4.69, 9.17) is 5.73 Å². The van der Waals surface area contributed by atoms with Gasteiger partial charge >= 0.3 is 0 Å². The van der Waals surface area contributed by atoms with Gasteiger partial charge in [0.05, 0.1) is 5.69 Å². The number of hydrogen-bond donors (Lipinski definition) is 1. The van der Waals surface area contributed by atoms with Gasteiger partial charge < -0.3 is 10.6 Å². The molecule has 4 nitrogen and oxygen atoms in total. The quantitative estimate of drug-likeness (QED) is 0.783. The van der Waals surface area contributed by atoms with Gasteiger partial charge in [0.1, 0.15) is 0 Å².